The summed E-state index contributed by atoms with van der Waals surface area (Å²) in [7, 11) is 3.09. The summed E-state index contributed by atoms with van der Waals surface area (Å²) in [5, 5.41) is 10.6. The lowest BCUT2D eigenvalue weighted by molar-refractivity contribution is 0.226. The molecular weight excluding hydrogens is 272 g/mol. The lowest BCUT2D eigenvalue weighted by Gasteiger charge is -2.16. The Hall–Kier alpha value is -1.49. The molecule has 1 N–H and O–H groups in total. The molecule has 3 nitrogen and oxygen atoms in total. The van der Waals surface area contributed by atoms with E-state index in [0.717, 1.165) is 22.3 Å². The van der Waals surface area contributed by atoms with Crippen molar-refractivity contribution in [3.8, 4) is 0 Å². The van der Waals surface area contributed by atoms with E-state index in [1.54, 1.807) is 6.07 Å². The minimum absolute atomic E-state index is 0.242. The number of nitrogens with zero attached hydrogens (tertiary/aromatic N) is 1. The van der Waals surface area contributed by atoms with Crippen molar-refractivity contribution < 1.29 is 9.68 Å². The van der Waals surface area contributed by atoms with E-state index in [4.69, 9.17) is 16.3 Å². The van der Waals surface area contributed by atoms with Gasteiger partial charge in [0.1, 0.15) is 0 Å². The Balaban J connectivity index is 1.97. The largest absolute Gasteiger partial charge is 0.492 e. The fourth-order valence-corrected chi connectivity index (χ4v) is 2.66. The second-order valence-electron chi connectivity index (χ2n) is 5.13. The zero-order valence-corrected chi connectivity index (χ0v) is 12.1. The second-order valence-corrected chi connectivity index (χ2v) is 5.56. The summed E-state index contributed by atoms with van der Waals surface area (Å²) in [5.74, 6) is 0. The van der Waals surface area contributed by atoms with Gasteiger partial charge in [0.05, 0.1) is 6.10 Å². The van der Waals surface area contributed by atoms with Crippen LogP contribution >= 0.6 is 11.6 Å². The van der Waals surface area contributed by atoms with Crippen LogP contribution in [-0.4, -0.2) is 26.2 Å². The van der Waals surface area contributed by atoms with Crippen LogP contribution in [0.25, 0.3) is 0 Å². The van der Waals surface area contributed by atoms with Crippen LogP contribution in [0.4, 0.5) is 5.69 Å². The minimum atomic E-state index is -0.915. The summed E-state index contributed by atoms with van der Waals surface area (Å²) in [6.07, 6.45) is -0.242. The molecule has 0 saturated heterocycles. The molecule has 1 unspecified atom stereocenters. The van der Waals surface area contributed by atoms with Crippen LogP contribution in [0.3, 0.4) is 0 Å². The Kier molecular flexibility index (Phi) is 3.46. The highest BCUT2D eigenvalue weighted by atomic mass is 35.5. The van der Waals surface area contributed by atoms with E-state index in [9.17, 15) is 5.02 Å². The van der Waals surface area contributed by atoms with E-state index >= 15 is 0 Å². The fourth-order valence-electron chi connectivity index (χ4n) is 2.48. The average molecular weight is 288 g/mol. The predicted octanol–water partition coefficient (Wildman–Crippen LogP) is 2.21. The van der Waals surface area contributed by atoms with Crippen molar-refractivity contribution >= 4 is 29.9 Å². The van der Waals surface area contributed by atoms with Crippen LogP contribution in [0.15, 0.2) is 42.5 Å². The van der Waals surface area contributed by atoms with Gasteiger partial charge in [-0.25, -0.2) is 0 Å². The van der Waals surface area contributed by atoms with E-state index in [1.807, 2.05) is 55.4 Å². The van der Waals surface area contributed by atoms with Crippen LogP contribution in [0.2, 0.25) is 5.02 Å². The Morgan fingerprint density at radius 1 is 1.15 bits per heavy atom. The molecule has 3 rings (SSSR count). The van der Waals surface area contributed by atoms with Crippen molar-refractivity contribution in [2.45, 2.75) is 6.10 Å². The van der Waals surface area contributed by atoms with Crippen molar-refractivity contribution in [3.05, 3.63) is 58.6 Å². The van der Waals surface area contributed by atoms with Crippen molar-refractivity contribution in [2.24, 2.45) is 0 Å². The predicted molar refractivity (Wildman–Crippen MR) is 82.8 cm³/mol. The zero-order chi connectivity index (χ0) is 14.3. The van der Waals surface area contributed by atoms with Crippen molar-refractivity contribution in [1.82, 2.24) is 0 Å². The van der Waals surface area contributed by atoms with Crippen LogP contribution in [0.5, 0.6) is 0 Å². The van der Waals surface area contributed by atoms with E-state index in [-0.39, 0.29) is 6.10 Å². The number of halogens is 1. The number of hydrogen-bond donors (Lipinski definition) is 1. The van der Waals surface area contributed by atoms with Gasteiger partial charge in [-0.05, 0) is 40.9 Å². The van der Waals surface area contributed by atoms with Gasteiger partial charge < -0.3 is 14.6 Å². The molecular formula is C15H15BClNO2. The molecule has 0 fully saturated rings. The highest BCUT2D eigenvalue weighted by Crippen LogP contribution is 2.32. The highest BCUT2D eigenvalue weighted by Gasteiger charge is 2.35. The van der Waals surface area contributed by atoms with Crippen LogP contribution in [-0.2, 0) is 4.65 Å². The molecule has 0 aliphatic carbocycles. The van der Waals surface area contributed by atoms with Crippen molar-refractivity contribution in [3.63, 3.8) is 0 Å². The van der Waals surface area contributed by atoms with E-state index in [2.05, 4.69) is 0 Å². The normalized spacial score (nSPS) is 17.2. The summed E-state index contributed by atoms with van der Waals surface area (Å²) in [5.41, 5.74) is 3.87. The van der Waals surface area contributed by atoms with Crippen LogP contribution in [0.1, 0.15) is 17.2 Å². The number of fused-ring (bicyclic) bond motifs is 1. The van der Waals surface area contributed by atoms with Crippen molar-refractivity contribution in [1.29, 1.82) is 0 Å². The van der Waals surface area contributed by atoms with Gasteiger partial charge in [-0.3, -0.25) is 0 Å². The molecule has 102 valence electrons. The van der Waals surface area contributed by atoms with Gasteiger partial charge in [-0.1, -0.05) is 29.8 Å². The first kappa shape index (κ1) is 13.5. The molecule has 0 aromatic heterocycles. The van der Waals surface area contributed by atoms with Gasteiger partial charge in [0.2, 0.25) is 0 Å². The maximum Gasteiger partial charge on any atom is 0.492 e. The van der Waals surface area contributed by atoms with Gasteiger partial charge in [0.25, 0.3) is 0 Å². The minimum Gasteiger partial charge on any atom is -0.423 e. The number of benzene rings is 2. The fraction of sp³-hybridized carbons (Fsp3) is 0.200. The summed E-state index contributed by atoms with van der Waals surface area (Å²) >= 11 is 5.97. The molecule has 1 aliphatic heterocycles. The van der Waals surface area contributed by atoms with Gasteiger partial charge >= 0.3 is 7.12 Å². The number of hydrogen-bond acceptors (Lipinski definition) is 3. The monoisotopic (exact) mass is 287 g/mol. The SMILES string of the molecule is CN(C)c1ccc(C2OB(O)c3cc(Cl)ccc32)cc1. The van der Waals surface area contributed by atoms with E-state index in [0.29, 0.717) is 5.02 Å². The molecule has 1 atom stereocenters. The zero-order valence-electron chi connectivity index (χ0n) is 11.4. The molecule has 2 aromatic carbocycles. The van der Waals surface area contributed by atoms with Gasteiger partial charge in [-0.2, -0.15) is 0 Å². The number of rotatable bonds is 2. The molecule has 20 heavy (non-hydrogen) atoms. The third kappa shape index (κ3) is 2.31. The lowest BCUT2D eigenvalue weighted by atomic mass is 9.79. The molecule has 1 heterocycles. The standard InChI is InChI=1S/C15H15BClNO2/c1-18(2)12-6-3-10(4-7-12)15-13-8-5-11(17)9-14(13)16(19)20-15/h3-9,15,19H,1-2H3. The molecule has 5 heteroatoms. The Bertz CT molecular complexity index is 630. The van der Waals surface area contributed by atoms with Crippen LogP contribution < -0.4 is 10.4 Å². The molecule has 0 spiro atoms. The van der Waals surface area contributed by atoms with E-state index in [1.165, 1.54) is 0 Å². The maximum absolute atomic E-state index is 9.99. The lowest BCUT2D eigenvalue weighted by Crippen LogP contribution is -2.27. The quantitative estimate of drug-likeness (QED) is 0.860. The summed E-state index contributed by atoms with van der Waals surface area (Å²) in [4.78, 5) is 2.04. The maximum atomic E-state index is 9.99. The third-order valence-corrected chi connectivity index (χ3v) is 3.81. The highest BCUT2D eigenvalue weighted by molar-refractivity contribution is 6.62. The van der Waals surface area contributed by atoms with E-state index < -0.39 is 7.12 Å². The first-order chi connectivity index (χ1) is 9.56. The Morgan fingerprint density at radius 2 is 1.85 bits per heavy atom. The van der Waals surface area contributed by atoms with Gasteiger partial charge in [0.15, 0.2) is 0 Å². The first-order valence-corrected chi connectivity index (χ1v) is 6.84. The molecule has 0 saturated carbocycles. The summed E-state index contributed by atoms with van der Waals surface area (Å²) in [6, 6.07) is 13.6. The average Bonchev–Trinajstić information content (AvgIpc) is 2.76. The van der Waals surface area contributed by atoms with Gasteiger partial charge in [0, 0.05) is 24.8 Å². The molecule has 2 aromatic rings. The number of anilines is 1. The first-order valence-electron chi connectivity index (χ1n) is 6.46. The second kappa shape index (κ2) is 5.13. The molecule has 1 aliphatic rings. The smallest absolute Gasteiger partial charge is 0.423 e. The molecule has 0 radical (unpaired) electrons. The summed E-state index contributed by atoms with van der Waals surface area (Å²) < 4.78 is 5.66. The Labute approximate surface area is 123 Å². The van der Waals surface area contributed by atoms with Gasteiger partial charge in [-0.15, -0.1) is 0 Å². The molecule has 0 bridgehead atoms. The summed E-state index contributed by atoms with van der Waals surface area (Å²) in [6.45, 7) is 0. The molecule has 0 amide bonds. The third-order valence-electron chi connectivity index (χ3n) is 3.57. The van der Waals surface area contributed by atoms with Crippen LogP contribution in [0, 0.1) is 0 Å². The topological polar surface area (TPSA) is 32.7 Å². The Morgan fingerprint density at radius 3 is 2.50 bits per heavy atom. The van der Waals surface area contributed by atoms with Crippen molar-refractivity contribution in [2.75, 3.05) is 19.0 Å².